The number of aryl methyl sites for hydroxylation is 3. The minimum atomic E-state index is 0.581. The second-order valence-corrected chi connectivity index (χ2v) is 5.93. The highest BCUT2D eigenvalue weighted by atomic mass is 16.5. The van der Waals surface area contributed by atoms with Gasteiger partial charge in [-0.25, -0.2) is 4.98 Å². The van der Waals surface area contributed by atoms with Crippen LogP contribution < -0.4 is 5.73 Å². The van der Waals surface area contributed by atoms with E-state index in [4.69, 9.17) is 10.5 Å². The summed E-state index contributed by atoms with van der Waals surface area (Å²) in [7, 11) is 1.72. The Morgan fingerprint density at radius 2 is 2.04 bits per heavy atom. The van der Waals surface area contributed by atoms with Crippen LogP contribution in [0.5, 0.6) is 0 Å². The molecule has 120 valence electrons. The van der Waals surface area contributed by atoms with Gasteiger partial charge in [0.15, 0.2) is 0 Å². The molecule has 0 spiro atoms. The van der Waals surface area contributed by atoms with Gasteiger partial charge in [-0.1, -0.05) is 25.1 Å². The molecule has 0 aliphatic heterocycles. The summed E-state index contributed by atoms with van der Waals surface area (Å²) in [5.41, 5.74) is 14.0. The zero-order chi connectivity index (χ0) is 16.6. The van der Waals surface area contributed by atoms with Crippen molar-refractivity contribution in [1.29, 1.82) is 0 Å². The van der Waals surface area contributed by atoms with Gasteiger partial charge in [0.1, 0.15) is 5.82 Å². The normalized spacial score (nSPS) is 11.3. The van der Waals surface area contributed by atoms with Gasteiger partial charge in [-0.05, 0) is 37.5 Å². The molecular weight excluding hydrogens is 286 g/mol. The largest absolute Gasteiger partial charge is 0.384 e. The molecule has 0 unspecified atom stereocenters. The molecule has 0 saturated heterocycles. The Morgan fingerprint density at radius 3 is 2.74 bits per heavy atom. The van der Waals surface area contributed by atoms with Gasteiger partial charge in [-0.15, -0.1) is 0 Å². The van der Waals surface area contributed by atoms with Gasteiger partial charge in [0.25, 0.3) is 0 Å². The average Bonchev–Trinajstić information content (AvgIpc) is 2.84. The number of aromatic nitrogens is 2. The molecule has 4 heteroatoms. The standard InChI is InChI=1S/C19H23N3O/c1-5-15-18(11(2)9-17(20)21-15)14-8-6-7-13-12(3)16(10-23-4)22-19(13)14/h6-9,22H,5,10H2,1-4H3,(H2,20,21). The molecule has 0 aliphatic carbocycles. The summed E-state index contributed by atoms with van der Waals surface area (Å²) in [4.78, 5) is 8.08. The smallest absolute Gasteiger partial charge is 0.123 e. The van der Waals surface area contributed by atoms with Gasteiger partial charge in [-0.2, -0.15) is 0 Å². The molecule has 23 heavy (non-hydrogen) atoms. The van der Waals surface area contributed by atoms with Gasteiger partial charge in [-0.3, -0.25) is 0 Å². The minimum absolute atomic E-state index is 0.581. The van der Waals surface area contributed by atoms with Crippen LogP contribution >= 0.6 is 0 Å². The van der Waals surface area contributed by atoms with E-state index in [0.717, 1.165) is 28.9 Å². The van der Waals surface area contributed by atoms with Gasteiger partial charge in [0, 0.05) is 29.3 Å². The number of methoxy groups -OCH3 is 1. The fraction of sp³-hybridized carbons (Fsp3) is 0.316. The number of para-hydroxylation sites is 1. The number of ether oxygens (including phenoxy) is 1. The van der Waals surface area contributed by atoms with Crippen molar-refractivity contribution in [3.8, 4) is 11.1 Å². The molecule has 2 heterocycles. The van der Waals surface area contributed by atoms with Crippen LogP contribution in [-0.2, 0) is 17.8 Å². The van der Waals surface area contributed by atoms with Crippen molar-refractivity contribution in [3.05, 3.63) is 46.8 Å². The van der Waals surface area contributed by atoms with Gasteiger partial charge < -0.3 is 15.5 Å². The Labute approximate surface area is 136 Å². The minimum Gasteiger partial charge on any atom is -0.384 e. The lowest BCUT2D eigenvalue weighted by molar-refractivity contribution is 0.181. The first-order valence-electron chi connectivity index (χ1n) is 7.92. The SMILES string of the molecule is CCc1nc(N)cc(C)c1-c1cccc2c(C)c(COC)[nH]c12. The maximum absolute atomic E-state index is 5.93. The molecule has 0 amide bonds. The summed E-state index contributed by atoms with van der Waals surface area (Å²) in [5.74, 6) is 0.581. The lowest BCUT2D eigenvalue weighted by atomic mass is 9.95. The van der Waals surface area contributed by atoms with E-state index in [1.807, 2.05) is 6.07 Å². The van der Waals surface area contributed by atoms with Gasteiger partial charge in [0.05, 0.1) is 17.8 Å². The monoisotopic (exact) mass is 309 g/mol. The van der Waals surface area contributed by atoms with Crippen LogP contribution in [0.2, 0.25) is 0 Å². The van der Waals surface area contributed by atoms with Crippen LogP contribution in [0.25, 0.3) is 22.0 Å². The van der Waals surface area contributed by atoms with Crippen molar-refractivity contribution < 1.29 is 4.74 Å². The van der Waals surface area contributed by atoms with Crippen molar-refractivity contribution in [2.24, 2.45) is 0 Å². The Balaban J connectivity index is 2.31. The van der Waals surface area contributed by atoms with Crippen LogP contribution in [0, 0.1) is 13.8 Å². The van der Waals surface area contributed by atoms with Gasteiger partial charge in [0.2, 0.25) is 0 Å². The summed E-state index contributed by atoms with van der Waals surface area (Å²) in [6.07, 6.45) is 0.849. The second-order valence-electron chi connectivity index (χ2n) is 5.93. The van der Waals surface area contributed by atoms with Crippen molar-refractivity contribution in [1.82, 2.24) is 9.97 Å². The predicted octanol–water partition coefficient (Wildman–Crippen LogP) is 4.14. The van der Waals surface area contributed by atoms with Crippen LogP contribution in [-0.4, -0.2) is 17.1 Å². The van der Waals surface area contributed by atoms with E-state index in [2.05, 4.69) is 48.9 Å². The zero-order valence-corrected chi connectivity index (χ0v) is 14.2. The lowest BCUT2D eigenvalue weighted by Gasteiger charge is -2.13. The van der Waals surface area contributed by atoms with E-state index < -0.39 is 0 Å². The molecule has 0 aliphatic rings. The molecule has 0 fully saturated rings. The van der Waals surface area contributed by atoms with Crippen LogP contribution in [0.1, 0.15) is 29.4 Å². The number of benzene rings is 1. The maximum atomic E-state index is 5.93. The van der Waals surface area contributed by atoms with Crippen LogP contribution in [0.4, 0.5) is 5.82 Å². The number of rotatable bonds is 4. The van der Waals surface area contributed by atoms with E-state index in [-0.39, 0.29) is 0 Å². The third-order valence-electron chi connectivity index (χ3n) is 4.40. The van der Waals surface area contributed by atoms with E-state index in [1.165, 1.54) is 22.1 Å². The Morgan fingerprint density at radius 1 is 1.26 bits per heavy atom. The Hall–Kier alpha value is -2.33. The molecular formula is C19H23N3O. The summed E-state index contributed by atoms with van der Waals surface area (Å²) < 4.78 is 5.31. The van der Waals surface area contributed by atoms with Crippen molar-refractivity contribution in [3.63, 3.8) is 0 Å². The second kappa shape index (κ2) is 6.05. The number of hydrogen-bond donors (Lipinski definition) is 2. The number of nitrogens with zero attached hydrogens (tertiary/aromatic N) is 1. The van der Waals surface area contributed by atoms with Crippen molar-refractivity contribution >= 4 is 16.7 Å². The fourth-order valence-corrected chi connectivity index (χ4v) is 3.29. The van der Waals surface area contributed by atoms with E-state index in [9.17, 15) is 0 Å². The molecule has 0 radical (unpaired) electrons. The number of pyridine rings is 1. The highest BCUT2D eigenvalue weighted by molar-refractivity contribution is 5.98. The number of nitrogens with two attached hydrogens (primary N) is 1. The first-order valence-corrected chi connectivity index (χ1v) is 7.92. The molecule has 0 bridgehead atoms. The Bertz CT molecular complexity index is 865. The number of fused-ring (bicyclic) bond motifs is 1. The summed E-state index contributed by atoms with van der Waals surface area (Å²) in [6, 6.07) is 8.34. The number of hydrogen-bond acceptors (Lipinski definition) is 3. The number of H-pyrrole nitrogens is 1. The van der Waals surface area contributed by atoms with E-state index in [1.54, 1.807) is 7.11 Å². The molecule has 1 aromatic carbocycles. The summed E-state index contributed by atoms with van der Waals surface area (Å²) in [6.45, 7) is 6.92. The summed E-state index contributed by atoms with van der Waals surface area (Å²) in [5, 5.41) is 1.23. The molecule has 2 aromatic heterocycles. The third kappa shape index (κ3) is 2.59. The van der Waals surface area contributed by atoms with Gasteiger partial charge >= 0.3 is 0 Å². The Kier molecular flexibility index (Phi) is 4.09. The number of aromatic amines is 1. The highest BCUT2D eigenvalue weighted by Gasteiger charge is 2.16. The molecule has 3 N–H and O–H groups in total. The zero-order valence-electron chi connectivity index (χ0n) is 14.2. The lowest BCUT2D eigenvalue weighted by Crippen LogP contribution is -2.00. The number of nitrogens with one attached hydrogen (secondary N) is 1. The number of nitrogen functional groups attached to an aromatic ring is 1. The first-order chi connectivity index (χ1) is 11.1. The maximum Gasteiger partial charge on any atom is 0.123 e. The summed E-state index contributed by atoms with van der Waals surface area (Å²) >= 11 is 0. The van der Waals surface area contributed by atoms with Crippen LogP contribution in [0.3, 0.4) is 0 Å². The molecule has 3 rings (SSSR count). The highest BCUT2D eigenvalue weighted by Crippen LogP contribution is 2.35. The van der Waals surface area contributed by atoms with E-state index >= 15 is 0 Å². The quantitative estimate of drug-likeness (QED) is 0.761. The fourth-order valence-electron chi connectivity index (χ4n) is 3.29. The molecule has 3 aromatic rings. The molecule has 0 atom stereocenters. The van der Waals surface area contributed by atoms with E-state index in [0.29, 0.717) is 12.4 Å². The first kappa shape index (κ1) is 15.6. The number of anilines is 1. The molecule has 0 saturated carbocycles. The van der Waals surface area contributed by atoms with Crippen LogP contribution in [0.15, 0.2) is 24.3 Å². The predicted molar refractivity (Wildman–Crippen MR) is 95.5 cm³/mol. The van der Waals surface area contributed by atoms with Crippen molar-refractivity contribution in [2.75, 3.05) is 12.8 Å². The third-order valence-corrected chi connectivity index (χ3v) is 4.40. The average molecular weight is 309 g/mol. The molecule has 4 nitrogen and oxygen atoms in total. The topological polar surface area (TPSA) is 63.9 Å². The van der Waals surface area contributed by atoms with Crippen molar-refractivity contribution in [2.45, 2.75) is 33.8 Å².